The second-order valence-electron chi connectivity index (χ2n) is 4.36. The quantitative estimate of drug-likeness (QED) is 0.744. The van der Waals surface area contributed by atoms with Gasteiger partial charge in [0.1, 0.15) is 5.38 Å². The molecular weight excluding hydrogens is 212 g/mol. The maximum atomic E-state index is 5.86. The summed E-state index contributed by atoms with van der Waals surface area (Å²) in [5.41, 5.74) is 0. The molecule has 0 radical (unpaired) electrons. The molecule has 0 N–H and O–H groups in total. The number of aromatic nitrogens is 2. The summed E-state index contributed by atoms with van der Waals surface area (Å²) in [6, 6.07) is 0. The van der Waals surface area contributed by atoms with E-state index in [1.54, 1.807) is 0 Å². The minimum absolute atomic E-state index is 0.183. The van der Waals surface area contributed by atoms with Crippen LogP contribution < -0.4 is 0 Å². The van der Waals surface area contributed by atoms with Gasteiger partial charge in [-0.05, 0) is 25.7 Å². The van der Waals surface area contributed by atoms with E-state index in [2.05, 4.69) is 10.2 Å². The molecule has 84 valence electrons. The molecular formula is C11H17ClN2O. The van der Waals surface area contributed by atoms with Gasteiger partial charge in [-0.3, -0.25) is 0 Å². The van der Waals surface area contributed by atoms with Crippen LogP contribution in [0.3, 0.4) is 0 Å². The Bertz CT molecular complexity index is 305. The zero-order valence-corrected chi connectivity index (χ0v) is 9.83. The molecule has 0 spiro atoms. The molecule has 1 fully saturated rings. The Morgan fingerprint density at radius 1 is 1.33 bits per heavy atom. The predicted molar refractivity (Wildman–Crippen MR) is 58.8 cm³/mol. The Hall–Kier alpha value is -0.570. The molecule has 0 aromatic carbocycles. The lowest BCUT2D eigenvalue weighted by molar-refractivity contribution is 0.324. The number of halogens is 1. The van der Waals surface area contributed by atoms with Gasteiger partial charge in [0.15, 0.2) is 0 Å². The van der Waals surface area contributed by atoms with Crippen LogP contribution >= 0.6 is 11.6 Å². The van der Waals surface area contributed by atoms with Gasteiger partial charge < -0.3 is 4.42 Å². The lowest BCUT2D eigenvalue weighted by Gasteiger charge is -2.19. The summed E-state index contributed by atoms with van der Waals surface area (Å²) in [6.45, 7) is 1.85. The summed E-state index contributed by atoms with van der Waals surface area (Å²) in [7, 11) is 0. The van der Waals surface area contributed by atoms with Gasteiger partial charge in [0.2, 0.25) is 11.8 Å². The van der Waals surface area contributed by atoms with E-state index in [1.807, 2.05) is 6.92 Å². The van der Waals surface area contributed by atoms with Crippen LogP contribution in [-0.4, -0.2) is 10.2 Å². The van der Waals surface area contributed by atoms with Gasteiger partial charge in [0, 0.05) is 6.42 Å². The van der Waals surface area contributed by atoms with Gasteiger partial charge in [-0.25, -0.2) is 0 Å². The summed E-state index contributed by atoms with van der Waals surface area (Å²) in [6.07, 6.45) is 7.60. The maximum Gasteiger partial charge on any atom is 0.234 e. The van der Waals surface area contributed by atoms with Crippen LogP contribution in [0.15, 0.2) is 4.42 Å². The molecule has 1 aliphatic rings. The fourth-order valence-electron chi connectivity index (χ4n) is 2.15. The number of rotatable bonds is 3. The Balaban J connectivity index is 1.91. The van der Waals surface area contributed by atoms with Gasteiger partial charge in [0.05, 0.1) is 0 Å². The molecule has 15 heavy (non-hydrogen) atoms. The summed E-state index contributed by atoms with van der Waals surface area (Å²) in [4.78, 5) is 0. The number of hydrogen-bond acceptors (Lipinski definition) is 3. The maximum absolute atomic E-state index is 5.86. The Kier molecular flexibility index (Phi) is 3.62. The van der Waals surface area contributed by atoms with E-state index in [0.29, 0.717) is 5.89 Å². The van der Waals surface area contributed by atoms with Crippen molar-refractivity contribution in [2.45, 2.75) is 50.8 Å². The lowest BCUT2D eigenvalue weighted by Crippen LogP contribution is -2.09. The van der Waals surface area contributed by atoms with Gasteiger partial charge in [-0.1, -0.05) is 19.3 Å². The first-order valence-corrected chi connectivity index (χ1v) is 6.15. The fourth-order valence-corrected chi connectivity index (χ4v) is 2.24. The van der Waals surface area contributed by atoms with Crippen LogP contribution in [0, 0.1) is 5.92 Å². The van der Waals surface area contributed by atoms with Crippen LogP contribution in [0.2, 0.25) is 0 Å². The minimum atomic E-state index is -0.183. The smallest absolute Gasteiger partial charge is 0.234 e. The SMILES string of the molecule is CC(Cl)c1nnc(CC2CCCCC2)o1. The van der Waals surface area contributed by atoms with Crippen molar-refractivity contribution in [3.8, 4) is 0 Å². The summed E-state index contributed by atoms with van der Waals surface area (Å²) < 4.78 is 5.49. The van der Waals surface area contributed by atoms with Gasteiger partial charge >= 0.3 is 0 Å². The second-order valence-corrected chi connectivity index (χ2v) is 5.01. The van der Waals surface area contributed by atoms with E-state index >= 15 is 0 Å². The van der Waals surface area contributed by atoms with Crippen LogP contribution in [0.25, 0.3) is 0 Å². The third kappa shape index (κ3) is 2.94. The van der Waals surface area contributed by atoms with E-state index < -0.39 is 0 Å². The van der Waals surface area contributed by atoms with Crippen LogP contribution in [0.1, 0.15) is 56.2 Å². The molecule has 2 rings (SSSR count). The monoisotopic (exact) mass is 228 g/mol. The molecule has 1 aromatic rings. The predicted octanol–water partition coefficient (Wildman–Crippen LogP) is 3.49. The fraction of sp³-hybridized carbons (Fsp3) is 0.818. The number of nitrogens with zero attached hydrogens (tertiary/aromatic N) is 2. The van der Waals surface area contributed by atoms with E-state index in [1.165, 1.54) is 32.1 Å². The normalized spacial score (nSPS) is 20.4. The first kappa shape index (κ1) is 10.9. The minimum Gasteiger partial charge on any atom is -0.424 e. The Morgan fingerprint density at radius 3 is 2.67 bits per heavy atom. The van der Waals surface area contributed by atoms with Crippen molar-refractivity contribution in [1.82, 2.24) is 10.2 Å². The molecule has 0 bridgehead atoms. The van der Waals surface area contributed by atoms with E-state index in [0.717, 1.165) is 18.2 Å². The van der Waals surface area contributed by atoms with Gasteiger partial charge in [-0.2, -0.15) is 0 Å². The van der Waals surface area contributed by atoms with Crippen molar-refractivity contribution < 1.29 is 4.42 Å². The highest BCUT2D eigenvalue weighted by atomic mass is 35.5. The molecule has 1 aromatic heterocycles. The third-order valence-electron chi connectivity index (χ3n) is 3.01. The van der Waals surface area contributed by atoms with Crippen molar-refractivity contribution in [3.05, 3.63) is 11.8 Å². The number of hydrogen-bond donors (Lipinski definition) is 0. The van der Waals surface area contributed by atoms with E-state index in [-0.39, 0.29) is 5.38 Å². The molecule has 1 heterocycles. The molecule has 1 atom stereocenters. The van der Waals surface area contributed by atoms with Gasteiger partial charge in [-0.15, -0.1) is 21.8 Å². The molecule has 3 nitrogen and oxygen atoms in total. The Labute approximate surface area is 95.2 Å². The molecule has 0 amide bonds. The van der Waals surface area contributed by atoms with Crippen LogP contribution in [-0.2, 0) is 6.42 Å². The lowest BCUT2D eigenvalue weighted by atomic mass is 9.87. The highest BCUT2D eigenvalue weighted by Gasteiger charge is 2.18. The van der Waals surface area contributed by atoms with Crippen LogP contribution in [0.5, 0.6) is 0 Å². The average Bonchev–Trinajstić information content (AvgIpc) is 2.68. The van der Waals surface area contributed by atoms with Crippen molar-refractivity contribution >= 4 is 11.6 Å². The van der Waals surface area contributed by atoms with Crippen molar-refractivity contribution in [2.24, 2.45) is 5.92 Å². The summed E-state index contributed by atoms with van der Waals surface area (Å²) in [5.74, 6) is 2.03. The highest BCUT2D eigenvalue weighted by Crippen LogP contribution is 2.27. The zero-order chi connectivity index (χ0) is 10.7. The zero-order valence-electron chi connectivity index (χ0n) is 9.08. The largest absolute Gasteiger partial charge is 0.424 e. The van der Waals surface area contributed by atoms with Crippen molar-refractivity contribution in [1.29, 1.82) is 0 Å². The summed E-state index contributed by atoms with van der Waals surface area (Å²) >= 11 is 5.86. The molecule has 1 saturated carbocycles. The molecule has 0 saturated heterocycles. The second kappa shape index (κ2) is 4.97. The average molecular weight is 229 g/mol. The standard InChI is InChI=1S/C11H17ClN2O/c1-8(12)11-14-13-10(15-11)7-9-5-3-2-4-6-9/h8-9H,2-7H2,1H3. The molecule has 4 heteroatoms. The third-order valence-corrected chi connectivity index (χ3v) is 3.20. The first-order chi connectivity index (χ1) is 7.25. The van der Waals surface area contributed by atoms with Crippen molar-refractivity contribution in [2.75, 3.05) is 0 Å². The molecule has 1 unspecified atom stereocenters. The van der Waals surface area contributed by atoms with Crippen LogP contribution in [0.4, 0.5) is 0 Å². The number of alkyl halides is 1. The van der Waals surface area contributed by atoms with Crippen molar-refractivity contribution in [3.63, 3.8) is 0 Å². The molecule has 1 aliphatic carbocycles. The molecule has 0 aliphatic heterocycles. The topological polar surface area (TPSA) is 38.9 Å². The first-order valence-electron chi connectivity index (χ1n) is 5.72. The van der Waals surface area contributed by atoms with E-state index in [9.17, 15) is 0 Å². The highest BCUT2D eigenvalue weighted by molar-refractivity contribution is 6.20. The van der Waals surface area contributed by atoms with E-state index in [4.69, 9.17) is 16.0 Å². The Morgan fingerprint density at radius 2 is 2.07 bits per heavy atom. The van der Waals surface area contributed by atoms with Gasteiger partial charge in [0.25, 0.3) is 0 Å². The summed E-state index contributed by atoms with van der Waals surface area (Å²) in [5, 5.41) is 7.78.